The van der Waals surface area contributed by atoms with Crippen LogP contribution in [-0.2, 0) is 0 Å². The predicted octanol–water partition coefficient (Wildman–Crippen LogP) is 6.64. The van der Waals surface area contributed by atoms with E-state index in [0.717, 1.165) is 53.2 Å². The fourth-order valence-corrected chi connectivity index (χ4v) is 6.20. The van der Waals surface area contributed by atoms with E-state index in [1.54, 1.807) is 0 Å². The Hall–Kier alpha value is -2.46. The van der Waals surface area contributed by atoms with Crippen LogP contribution in [0.25, 0.3) is 32.8 Å². The van der Waals surface area contributed by atoms with Gasteiger partial charge >= 0.3 is 0 Å². The van der Waals surface area contributed by atoms with Gasteiger partial charge in [0.15, 0.2) is 0 Å². The van der Waals surface area contributed by atoms with Gasteiger partial charge < -0.3 is 10.6 Å². The van der Waals surface area contributed by atoms with Crippen LogP contribution in [0.15, 0.2) is 60.8 Å². The lowest BCUT2D eigenvalue weighted by atomic mass is 9.84. The number of piperidine rings is 2. The van der Waals surface area contributed by atoms with Crippen LogP contribution in [0.4, 0.5) is 0 Å². The summed E-state index contributed by atoms with van der Waals surface area (Å²) < 4.78 is 0. The molecule has 1 aromatic heterocycles. The molecule has 0 bridgehead atoms. The molecular formula is C29H30ClN3. The number of nitrogens with zero attached hydrogens (tertiary/aromatic N) is 1. The lowest BCUT2D eigenvalue weighted by Crippen LogP contribution is -2.26. The molecule has 0 radical (unpaired) electrons. The Balaban J connectivity index is 1.48. The summed E-state index contributed by atoms with van der Waals surface area (Å²) in [5.41, 5.74) is 6.22. The van der Waals surface area contributed by atoms with E-state index in [4.69, 9.17) is 16.6 Å². The van der Waals surface area contributed by atoms with E-state index >= 15 is 0 Å². The highest BCUT2D eigenvalue weighted by molar-refractivity contribution is 6.38. The maximum atomic E-state index is 7.05. The molecule has 0 spiro atoms. The minimum atomic E-state index is 0.567. The van der Waals surface area contributed by atoms with Crippen molar-refractivity contribution in [1.29, 1.82) is 0 Å². The highest BCUT2D eigenvalue weighted by atomic mass is 35.5. The van der Waals surface area contributed by atoms with Crippen LogP contribution < -0.4 is 10.6 Å². The first kappa shape index (κ1) is 21.1. The molecule has 3 heterocycles. The van der Waals surface area contributed by atoms with Crippen molar-refractivity contribution in [3.8, 4) is 11.1 Å². The van der Waals surface area contributed by atoms with Gasteiger partial charge in [-0.1, -0.05) is 48.0 Å². The highest BCUT2D eigenvalue weighted by Crippen LogP contribution is 2.42. The quantitative estimate of drug-likeness (QED) is 0.363. The van der Waals surface area contributed by atoms with Gasteiger partial charge in [0, 0.05) is 22.5 Å². The minimum Gasteiger partial charge on any atom is -0.317 e. The van der Waals surface area contributed by atoms with Crippen molar-refractivity contribution in [1.82, 2.24) is 15.6 Å². The number of benzene rings is 3. The Bertz CT molecular complexity index is 1300. The molecule has 2 aliphatic rings. The number of rotatable bonds is 3. The minimum absolute atomic E-state index is 0.567. The van der Waals surface area contributed by atoms with Gasteiger partial charge in [-0.3, -0.25) is 4.98 Å². The molecule has 4 heteroatoms. The van der Waals surface area contributed by atoms with E-state index < -0.39 is 0 Å². The number of aromatic nitrogens is 1. The second-order valence-corrected chi connectivity index (χ2v) is 9.93. The molecule has 0 aliphatic carbocycles. The van der Waals surface area contributed by atoms with E-state index in [0.29, 0.717) is 11.8 Å². The van der Waals surface area contributed by atoms with Gasteiger partial charge in [0.2, 0.25) is 0 Å². The van der Waals surface area contributed by atoms with E-state index in [1.165, 1.54) is 47.6 Å². The molecule has 168 valence electrons. The van der Waals surface area contributed by atoms with Crippen molar-refractivity contribution < 1.29 is 0 Å². The molecule has 3 nitrogen and oxygen atoms in total. The zero-order valence-corrected chi connectivity index (χ0v) is 19.7. The molecule has 33 heavy (non-hydrogen) atoms. The second-order valence-electron chi connectivity index (χ2n) is 9.55. The van der Waals surface area contributed by atoms with Gasteiger partial charge in [-0.2, -0.15) is 0 Å². The molecule has 0 saturated carbocycles. The van der Waals surface area contributed by atoms with Crippen LogP contribution in [-0.4, -0.2) is 31.2 Å². The number of nitrogens with one attached hydrogen (secondary N) is 2. The summed E-state index contributed by atoms with van der Waals surface area (Å²) in [5.74, 6) is 1.18. The van der Waals surface area contributed by atoms with E-state index in [1.807, 2.05) is 6.20 Å². The molecule has 2 aliphatic heterocycles. The van der Waals surface area contributed by atoms with Gasteiger partial charge in [0.05, 0.1) is 10.5 Å². The molecule has 2 saturated heterocycles. The summed E-state index contributed by atoms with van der Waals surface area (Å²) in [6, 6.07) is 20.0. The standard InChI is InChI=1S/C29H30ClN3/c30-29-25-4-2-1-3-23(25)26(20-9-14-32-15-10-20)18-27(29)21-5-6-24-22(11-16-33-28(24)17-21)19-7-12-31-13-8-19/h1-6,11,16-20,31-32H,7-10,12-15H2. The lowest BCUT2D eigenvalue weighted by Gasteiger charge is -2.26. The zero-order chi connectivity index (χ0) is 22.2. The van der Waals surface area contributed by atoms with Crippen LogP contribution in [0, 0.1) is 0 Å². The molecule has 2 N–H and O–H groups in total. The highest BCUT2D eigenvalue weighted by Gasteiger charge is 2.22. The number of halogens is 1. The molecular weight excluding hydrogens is 426 g/mol. The van der Waals surface area contributed by atoms with Crippen LogP contribution in [0.1, 0.15) is 48.6 Å². The topological polar surface area (TPSA) is 37.0 Å². The van der Waals surface area contributed by atoms with Gasteiger partial charge in [0.25, 0.3) is 0 Å². The average Bonchev–Trinajstić information content (AvgIpc) is 2.89. The van der Waals surface area contributed by atoms with Gasteiger partial charge in [-0.05, 0) is 104 Å². The summed E-state index contributed by atoms with van der Waals surface area (Å²) in [5, 5.41) is 11.6. The predicted molar refractivity (Wildman–Crippen MR) is 139 cm³/mol. The number of pyridine rings is 1. The fourth-order valence-electron chi connectivity index (χ4n) is 5.88. The summed E-state index contributed by atoms with van der Waals surface area (Å²) >= 11 is 7.05. The van der Waals surface area contributed by atoms with Crippen molar-refractivity contribution in [2.24, 2.45) is 0 Å². The molecule has 0 atom stereocenters. The Morgan fingerprint density at radius 2 is 1.36 bits per heavy atom. The Labute approximate surface area is 200 Å². The smallest absolute Gasteiger partial charge is 0.0711 e. The summed E-state index contributed by atoms with van der Waals surface area (Å²) in [6.07, 6.45) is 6.70. The van der Waals surface area contributed by atoms with E-state index in [-0.39, 0.29) is 0 Å². The number of fused-ring (bicyclic) bond motifs is 2. The summed E-state index contributed by atoms with van der Waals surface area (Å²) in [4.78, 5) is 4.76. The lowest BCUT2D eigenvalue weighted by molar-refractivity contribution is 0.462. The summed E-state index contributed by atoms with van der Waals surface area (Å²) in [6.45, 7) is 4.35. The zero-order valence-electron chi connectivity index (χ0n) is 18.9. The largest absolute Gasteiger partial charge is 0.317 e. The SMILES string of the molecule is Clc1c(-c2ccc3c(C4CCNCC4)ccnc3c2)cc(C2CCNCC2)c2ccccc12. The van der Waals surface area contributed by atoms with E-state index in [2.05, 4.69) is 65.2 Å². The van der Waals surface area contributed by atoms with Crippen molar-refractivity contribution in [3.63, 3.8) is 0 Å². The van der Waals surface area contributed by atoms with Crippen LogP contribution in [0.2, 0.25) is 5.02 Å². The van der Waals surface area contributed by atoms with Crippen molar-refractivity contribution in [3.05, 3.63) is 76.9 Å². The van der Waals surface area contributed by atoms with Crippen LogP contribution >= 0.6 is 11.6 Å². The molecule has 6 rings (SSSR count). The molecule has 0 amide bonds. The maximum absolute atomic E-state index is 7.05. The first-order valence-electron chi connectivity index (χ1n) is 12.3. The number of hydrogen-bond donors (Lipinski definition) is 2. The Kier molecular flexibility index (Phi) is 5.79. The van der Waals surface area contributed by atoms with Gasteiger partial charge in [0.1, 0.15) is 0 Å². The summed E-state index contributed by atoms with van der Waals surface area (Å²) in [7, 11) is 0. The molecule has 0 unspecified atom stereocenters. The average molecular weight is 456 g/mol. The third-order valence-electron chi connectivity index (χ3n) is 7.66. The first-order valence-corrected chi connectivity index (χ1v) is 12.7. The molecule has 3 aromatic carbocycles. The Morgan fingerprint density at radius 3 is 2.09 bits per heavy atom. The Morgan fingerprint density at radius 1 is 0.697 bits per heavy atom. The second kappa shape index (κ2) is 9.06. The maximum Gasteiger partial charge on any atom is 0.0711 e. The van der Waals surface area contributed by atoms with Crippen molar-refractivity contribution in [2.75, 3.05) is 26.2 Å². The monoisotopic (exact) mass is 455 g/mol. The van der Waals surface area contributed by atoms with Gasteiger partial charge in [-0.15, -0.1) is 0 Å². The van der Waals surface area contributed by atoms with Crippen LogP contribution in [0.3, 0.4) is 0 Å². The number of hydrogen-bond acceptors (Lipinski definition) is 3. The van der Waals surface area contributed by atoms with Crippen LogP contribution in [0.5, 0.6) is 0 Å². The normalized spacial score (nSPS) is 18.2. The van der Waals surface area contributed by atoms with Crippen molar-refractivity contribution in [2.45, 2.75) is 37.5 Å². The third kappa shape index (κ3) is 3.93. The fraction of sp³-hybridized carbons (Fsp3) is 0.345. The van der Waals surface area contributed by atoms with E-state index in [9.17, 15) is 0 Å². The molecule has 4 aromatic rings. The van der Waals surface area contributed by atoms with Crippen molar-refractivity contribution >= 4 is 33.3 Å². The molecule has 2 fully saturated rings. The first-order chi connectivity index (χ1) is 16.3. The third-order valence-corrected chi connectivity index (χ3v) is 8.06. The van der Waals surface area contributed by atoms with Gasteiger partial charge in [-0.25, -0.2) is 0 Å².